The number of nitrogens with zero attached hydrogens (tertiary/aromatic N) is 2. The molecule has 1 fully saturated rings. The van der Waals surface area contributed by atoms with Gasteiger partial charge in [-0.3, -0.25) is 4.99 Å². The van der Waals surface area contributed by atoms with Gasteiger partial charge in [-0.2, -0.15) is 0 Å². The van der Waals surface area contributed by atoms with E-state index in [1.165, 1.54) is 0 Å². The number of hydrogen-bond acceptors (Lipinski definition) is 4. The lowest BCUT2D eigenvalue weighted by atomic mass is 10.1. The lowest BCUT2D eigenvalue weighted by molar-refractivity contribution is 0.0963. The van der Waals surface area contributed by atoms with Gasteiger partial charge < -0.3 is 25.4 Å². The molecule has 0 bridgehead atoms. The Morgan fingerprint density at radius 2 is 2.07 bits per heavy atom. The van der Waals surface area contributed by atoms with Crippen LogP contribution in [-0.4, -0.2) is 60.9 Å². The molecule has 152 valence electrons. The minimum absolute atomic E-state index is 0. The third kappa shape index (κ3) is 8.23. The average Bonchev–Trinajstić information content (AvgIpc) is 2.63. The Labute approximate surface area is 178 Å². The maximum atomic E-state index is 11.8. The lowest BCUT2D eigenvalue weighted by Gasteiger charge is -2.32. The first-order valence-electron chi connectivity index (χ1n) is 9.36. The fourth-order valence-electron chi connectivity index (χ4n) is 2.94. The van der Waals surface area contributed by atoms with Crippen molar-refractivity contribution in [1.29, 1.82) is 0 Å². The van der Waals surface area contributed by atoms with Crippen LogP contribution in [0.25, 0.3) is 0 Å². The van der Waals surface area contributed by atoms with Crippen LogP contribution >= 0.6 is 24.0 Å². The van der Waals surface area contributed by atoms with Gasteiger partial charge >= 0.3 is 6.09 Å². The quantitative estimate of drug-likeness (QED) is 0.325. The molecule has 1 amide bonds. The number of piperidine rings is 1. The second-order valence-corrected chi connectivity index (χ2v) is 6.29. The zero-order valence-electron chi connectivity index (χ0n) is 16.1. The Morgan fingerprint density at radius 3 is 2.70 bits per heavy atom. The van der Waals surface area contributed by atoms with Gasteiger partial charge in [0.2, 0.25) is 0 Å². The summed E-state index contributed by atoms with van der Waals surface area (Å²) in [7, 11) is 0. The molecule has 1 saturated heterocycles. The standard InChI is InChI=1S/C19H30N4O3.HI/c1-3-20-18(21-11-8-15-6-5-7-17(24)14-15)22-16-9-12-23(13-10-16)19(25)26-4-2;/h5-7,14,16,24H,3-4,8-13H2,1-2H3,(H2,20,21,22);1H. The number of aliphatic imine (C=N–C) groups is 1. The number of aromatic hydroxyl groups is 1. The SMILES string of the molecule is CCNC(=NCCc1cccc(O)c1)NC1CCN(C(=O)OCC)CC1.I. The number of guanidine groups is 1. The van der Waals surface area contributed by atoms with Crippen molar-refractivity contribution in [1.82, 2.24) is 15.5 Å². The number of benzene rings is 1. The van der Waals surface area contributed by atoms with Crippen LogP contribution in [0, 0.1) is 0 Å². The normalized spacial score (nSPS) is 15.0. The number of phenols is 1. The van der Waals surface area contributed by atoms with E-state index in [0.717, 1.165) is 37.3 Å². The van der Waals surface area contributed by atoms with Crippen LogP contribution in [0.3, 0.4) is 0 Å². The van der Waals surface area contributed by atoms with Crippen LogP contribution in [0.2, 0.25) is 0 Å². The van der Waals surface area contributed by atoms with Crippen LogP contribution < -0.4 is 10.6 Å². The van der Waals surface area contributed by atoms with E-state index in [0.29, 0.717) is 32.3 Å². The van der Waals surface area contributed by atoms with Crippen molar-refractivity contribution in [3.63, 3.8) is 0 Å². The molecule has 8 heteroatoms. The third-order valence-electron chi connectivity index (χ3n) is 4.29. The van der Waals surface area contributed by atoms with Crippen molar-refractivity contribution in [2.24, 2.45) is 4.99 Å². The van der Waals surface area contributed by atoms with Crippen LogP contribution in [-0.2, 0) is 11.2 Å². The first kappa shape index (κ1) is 23.3. The number of carbonyl (C=O) groups is 1. The molecule has 2 rings (SSSR count). The summed E-state index contributed by atoms with van der Waals surface area (Å²) in [6.07, 6.45) is 2.29. The van der Waals surface area contributed by atoms with Gasteiger partial charge in [-0.15, -0.1) is 24.0 Å². The fraction of sp³-hybridized carbons (Fsp3) is 0.579. The first-order valence-corrected chi connectivity index (χ1v) is 9.36. The molecular weight excluding hydrogens is 459 g/mol. The van der Waals surface area contributed by atoms with Gasteiger partial charge in [-0.25, -0.2) is 4.79 Å². The van der Waals surface area contributed by atoms with Gasteiger partial charge in [-0.05, 0) is 50.8 Å². The molecule has 0 saturated carbocycles. The summed E-state index contributed by atoms with van der Waals surface area (Å²) in [4.78, 5) is 18.1. The molecule has 1 aromatic rings. The third-order valence-corrected chi connectivity index (χ3v) is 4.29. The molecule has 1 aliphatic rings. The summed E-state index contributed by atoms with van der Waals surface area (Å²) in [5, 5.41) is 16.2. The zero-order chi connectivity index (χ0) is 18.8. The van der Waals surface area contributed by atoms with Crippen LogP contribution in [0.15, 0.2) is 29.3 Å². The molecule has 0 aliphatic carbocycles. The van der Waals surface area contributed by atoms with E-state index in [4.69, 9.17) is 4.74 Å². The molecule has 0 unspecified atom stereocenters. The van der Waals surface area contributed by atoms with Gasteiger partial charge in [-0.1, -0.05) is 12.1 Å². The van der Waals surface area contributed by atoms with Crippen molar-refractivity contribution in [3.8, 4) is 5.75 Å². The van der Waals surface area contributed by atoms with Crippen molar-refractivity contribution in [2.75, 3.05) is 32.8 Å². The molecule has 1 aliphatic heterocycles. The van der Waals surface area contributed by atoms with Gasteiger partial charge in [0.15, 0.2) is 5.96 Å². The van der Waals surface area contributed by atoms with Gasteiger partial charge in [0.05, 0.1) is 6.61 Å². The second kappa shape index (κ2) is 12.6. The first-order chi connectivity index (χ1) is 12.6. The summed E-state index contributed by atoms with van der Waals surface area (Å²) in [6.45, 7) is 7.09. The molecule has 0 atom stereocenters. The van der Waals surface area contributed by atoms with E-state index >= 15 is 0 Å². The number of amides is 1. The minimum atomic E-state index is -0.224. The molecule has 0 radical (unpaired) electrons. The van der Waals surface area contributed by atoms with Crippen LogP contribution in [0.1, 0.15) is 32.3 Å². The van der Waals surface area contributed by atoms with Crippen LogP contribution in [0.5, 0.6) is 5.75 Å². The van der Waals surface area contributed by atoms with Crippen molar-refractivity contribution >= 4 is 36.0 Å². The number of likely N-dealkylation sites (tertiary alicyclic amines) is 1. The highest BCUT2D eigenvalue weighted by Crippen LogP contribution is 2.12. The Morgan fingerprint density at radius 1 is 1.33 bits per heavy atom. The number of halogens is 1. The molecule has 1 aromatic carbocycles. The van der Waals surface area contributed by atoms with Crippen molar-refractivity contribution < 1.29 is 14.6 Å². The molecule has 0 aromatic heterocycles. The number of hydrogen-bond donors (Lipinski definition) is 3. The van der Waals surface area contributed by atoms with E-state index < -0.39 is 0 Å². The Hall–Kier alpha value is -1.71. The van der Waals surface area contributed by atoms with Crippen molar-refractivity contribution in [2.45, 2.75) is 39.2 Å². The maximum absolute atomic E-state index is 11.8. The van der Waals surface area contributed by atoms with Crippen LogP contribution in [0.4, 0.5) is 4.79 Å². The molecule has 7 nitrogen and oxygen atoms in total. The van der Waals surface area contributed by atoms with E-state index in [2.05, 4.69) is 15.6 Å². The summed E-state index contributed by atoms with van der Waals surface area (Å²) < 4.78 is 5.05. The average molecular weight is 490 g/mol. The predicted octanol–water partition coefficient (Wildman–Crippen LogP) is 2.73. The molecule has 1 heterocycles. The molecule has 3 N–H and O–H groups in total. The topological polar surface area (TPSA) is 86.2 Å². The smallest absolute Gasteiger partial charge is 0.409 e. The molecule has 0 spiro atoms. The van der Waals surface area contributed by atoms with Gasteiger partial charge in [0, 0.05) is 32.2 Å². The monoisotopic (exact) mass is 490 g/mol. The highest BCUT2D eigenvalue weighted by atomic mass is 127. The Kier molecular flexibility index (Phi) is 10.9. The number of phenolic OH excluding ortho intramolecular Hbond substituents is 1. The fourth-order valence-corrected chi connectivity index (χ4v) is 2.94. The zero-order valence-corrected chi connectivity index (χ0v) is 18.4. The highest BCUT2D eigenvalue weighted by Gasteiger charge is 2.23. The minimum Gasteiger partial charge on any atom is -0.508 e. The molecular formula is C19H31IN4O3. The van der Waals surface area contributed by atoms with Gasteiger partial charge in [0.1, 0.15) is 5.75 Å². The summed E-state index contributed by atoms with van der Waals surface area (Å²) in [5.74, 6) is 1.08. The summed E-state index contributed by atoms with van der Waals surface area (Å²) >= 11 is 0. The number of rotatable bonds is 6. The predicted molar refractivity (Wildman–Crippen MR) is 118 cm³/mol. The maximum Gasteiger partial charge on any atom is 0.409 e. The van der Waals surface area contributed by atoms with Gasteiger partial charge in [0.25, 0.3) is 0 Å². The Bertz CT molecular complexity index is 604. The Balaban J connectivity index is 0.00000364. The second-order valence-electron chi connectivity index (χ2n) is 6.29. The van der Waals surface area contributed by atoms with E-state index in [1.54, 1.807) is 17.0 Å². The van der Waals surface area contributed by atoms with E-state index in [9.17, 15) is 9.90 Å². The van der Waals surface area contributed by atoms with E-state index in [1.807, 2.05) is 26.0 Å². The lowest BCUT2D eigenvalue weighted by Crippen LogP contribution is -2.50. The number of nitrogens with one attached hydrogen (secondary N) is 2. The van der Waals surface area contributed by atoms with E-state index in [-0.39, 0.29) is 35.8 Å². The highest BCUT2D eigenvalue weighted by molar-refractivity contribution is 14.0. The number of ether oxygens (including phenoxy) is 1. The largest absolute Gasteiger partial charge is 0.508 e. The van der Waals surface area contributed by atoms with Crippen molar-refractivity contribution in [3.05, 3.63) is 29.8 Å². The number of carbonyl (C=O) groups excluding carboxylic acids is 1. The summed E-state index contributed by atoms with van der Waals surface area (Å²) in [5.41, 5.74) is 1.06. The summed E-state index contributed by atoms with van der Waals surface area (Å²) in [6, 6.07) is 7.55. The molecule has 27 heavy (non-hydrogen) atoms.